The molecular weight excluding hydrogens is 313 g/mol. The Hall–Kier alpha value is -2.28. The molecule has 2 fully saturated rings. The molecule has 1 amide bonds. The molecule has 1 N–H and O–H groups in total. The summed E-state index contributed by atoms with van der Waals surface area (Å²) >= 11 is 0. The Labute approximate surface area is 140 Å². The molecule has 2 aliphatic heterocycles. The summed E-state index contributed by atoms with van der Waals surface area (Å²) < 4.78 is 25.1. The number of allylic oxidation sites excluding steroid dienone is 1. The van der Waals surface area contributed by atoms with Gasteiger partial charge in [0.2, 0.25) is 0 Å². The van der Waals surface area contributed by atoms with Gasteiger partial charge >= 0.3 is 6.09 Å². The maximum Gasteiger partial charge on any atom is 0.414 e. The Morgan fingerprint density at radius 2 is 2.17 bits per heavy atom. The highest BCUT2D eigenvalue weighted by atomic mass is 19.1. The summed E-state index contributed by atoms with van der Waals surface area (Å²) in [6.45, 7) is 8.98. The van der Waals surface area contributed by atoms with Crippen LogP contribution in [0.5, 0.6) is 0 Å². The molecule has 0 bridgehead atoms. The van der Waals surface area contributed by atoms with Gasteiger partial charge in [0, 0.05) is 18.8 Å². The summed E-state index contributed by atoms with van der Waals surface area (Å²) in [5.41, 5.74) is 1.85. The van der Waals surface area contributed by atoms with Gasteiger partial charge in [-0.25, -0.2) is 9.18 Å². The predicted molar refractivity (Wildman–Crippen MR) is 89.9 cm³/mol. The molecule has 0 spiro atoms. The molecule has 0 unspecified atom stereocenters. The largest absolute Gasteiger partial charge is 0.442 e. The van der Waals surface area contributed by atoms with E-state index in [-0.39, 0.29) is 11.9 Å². The predicted octanol–water partition coefficient (Wildman–Crippen LogP) is 2.11. The van der Waals surface area contributed by atoms with Crippen LogP contribution < -0.4 is 15.1 Å². The van der Waals surface area contributed by atoms with Gasteiger partial charge < -0.3 is 19.7 Å². The first-order chi connectivity index (χ1) is 11.5. The molecule has 0 radical (unpaired) electrons. The van der Waals surface area contributed by atoms with Crippen molar-refractivity contribution >= 4 is 17.5 Å². The molecular formula is C17H22FN3O3. The van der Waals surface area contributed by atoms with Crippen LogP contribution in [-0.2, 0) is 9.47 Å². The second-order valence-electron chi connectivity index (χ2n) is 6.01. The maximum absolute atomic E-state index is 14.5. The van der Waals surface area contributed by atoms with Gasteiger partial charge in [0.1, 0.15) is 11.9 Å². The minimum Gasteiger partial charge on any atom is -0.442 e. The Balaban J connectivity index is 1.69. The molecule has 1 aromatic carbocycles. The second-order valence-corrected chi connectivity index (χ2v) is 6.01. The highest BCUT2D eigenvalue weighted by molar-refractivity contribution is 5.90. The zero-order chi connectivity index (χ0) is 17.1. The first-order valence-electron chi connectivity index (χ1n) is 8.04. The van der Waals surface area contributed by atoms with E-state index in [0.29, 0.717) is 50.8 Å². The number of nitrogens with zero attached hydrogens (tertiary/aromatic N) is 2. The summed E-state index contributed by atoms with van der Waals surface area (Å²) in [6, 6.07) is 4.85. The van der Waals surface area contributed by atoms with Crippen molar-refractivity contribution < 1.29 is 18.7 Å². The van der Waals surface area contributed by atoms with Crippen LogP contribution in [0.15, 0.2) is 30.5 Å². The zero-order valence-corrected chi connectivity index (χ0v) is 13.8. The second kappa shape index (κ2) is 7.09. The summed E-state index contributed by atoms with van der Waals surface area (Å²) in [5, 5.41) is 3.05. The molecule has 2 aliphatic rings. The van der Waals surface area contributed by atoms with Gasteiger partial charge in [-0.15, -0.1) is 0 Å². The lowest BCUT2D eigenvalue weighted by Gasteiger charge is -2.29. The molecule has 1 atom stereocenters. The fourth-order valence-corrected chi connectivity index (χ4v) is 2.85. The van der Waals surface area contributed by atoms with Crippen molar-refractivity contribution in [3.8, 4) is 0 Å². The molecule has 0 aromatic heterocycles. The van der Waals surface area contributed by atoms with E-state index in [1.165, 1.54) is 11.0 Å². The van der Waals surface area contributed by atoms with E-state index in [0.717, 1.165) is 5.70 Å². The van der Waals surface area contributed by atoms with Gasteiger partial charge in [-0.2, -0.15) is 0 Å². The molecule has 130 valence electrons. The third kappa shape index (κ3) is 3.62. The number of amides is 1. The van der Waals surface area contributed by atoms with Crippen LogP contribution in [0.2, 0.25) is 0 Å². The molecule has 7 heteroatoms. The van der Waals surface area contributed by atoms with E-state index in [4.69, 9.17) is 9.47 Å². The first kappa shape index (κ1) is 16.6. The van der Waals surface area contributed by atoms with E-state index in [1.54, 1.807) is 12.1 Å². The van der Waals surface area contributed by atoms with Crippen molar-refractivity contribution in [2.45, 2.75) is 13.0 Å². The number of hydrogen-bond donors (Lipinski definition) is 1. The van der Waals surface area contributed by atoms with E-state index in [9.17, 15) is 9.18 Å². The normalized spacial score (nSPS) is 20.9. The van der Waals surface area contributed by atoms with Gasteiger partial charge in [-0.3, -0.25) is 4.90 Å². The minimum atomic E-state index is -0.456. The molecule has 3 rings (SSSR count). The third-order valence-corrected chi connectivity index (χ3v) is 4.10. The Morgan fingerprint density at radius 1 is 1.42 bits per heavy atom. The van der Waals surface area contributed by atoms with Crippen LogP contribution in [0, 0.1) is 5.82 Å². The van der Waals surface area contributed by atoms with Gasteiger partial charge in [0.25, 0.3) is 0 Å². The maximum atomic E-state index is 14.5. The van der Waals surface area contributed by atoms with Gasteiger partial charge in [-0.1, -0.05) is 6.58 Å². The Bertz CT molecular complexity index is 632. The molecule has 6 nitrogen and oxygen atoms in total. The SMILES string of the molecule is C=C(C)NC[C@H]1CN(c2ccc(N3CCOCC3)c(F)c2)C(=O)O1. The first-order valence-corrected chi connectivity index (χ1v) is 8.04. The molecule has 0 saturated carbocycles. The lowest BCUT2D eigenvalue weighted by Crippen LogP contribution is -2.36. The highest BCUT2D eigenvalue weighted by Gasteiger charge is 2.32. The number of morpholine rings is 1. The summed E-state index contributed by atoms with van der Waals surface area (Å²) in [6.07, 6.45) is -0.738. The van der Waals surface area contributed by atoms with Gasteiger partial charge in [-0.05, 0) is 25.1 Å². The average Bonchev–Trinajstić information content (AvgIpc) is 2.94. The number of hydrogen-bond acceptors (Lipinski definition) is 5. The number of halogens is 1. The number of ether oxygens (including phenoxy) is 2. The average molecular weight is 335 g/mol. The van der Waals surface area contributed by atoms with Crippen molar-refractivity contribution in [2.75, 3.05) is 49.2 Å². The van der Waals surface area contributed by atoms with Crippen molar-refractivity contribution in [3.05, 3.63) is 36.3 Å². The smallest absolute Gasteiger partial charge is 0.414 e. The van der Waals surface area contributed by atoms with Crippen LogP contribution in [0.3, 0.4) is 0 Å². The van der Waals surface area contributed by atoms with E-state index >= 15 is 0 Å². The topological polar surface area (TPSA) is 54.0 Å². The lowest BCUT2D eigenvalue weighted by molar-refractivity contribution is 0.122. The van der Waals surface area contributed by atoms with E-state index < -0.39 is 6.09 Å². The van der Waals surface area contributed by atoms with Crippen LogP contribution in [0.1, 0.15) is 6.92 Å². The fraction of sp³-hybridized carbons (Fsp3) is 0.471. The summed E-state index contributed by atoms with van der Waals surface area (Å²) in [4.78, 5) is 15.4. The lowest BCUT2D eigenvalue weighted by atomic mass is 10.2. The van der Waals surface area contributed by atoms with Crippen molar-refractivity contribution in [3.63, 3.8) is 0 Å². The molecule has 24 heavy (non-hydrogen) atoms. The number of carbonyl (C=O) groups is 1. The van der Waals surface area contributed by atoms with Crippen LogP contribution >= 0.6 is 0 Å². The van der Waals surface area contributed by atoms with Crippen molar-refractivity contribution in [1.29, 1.82) is 0 Å². The molecule has 2 saturated heterocycles. The van der Waals surface area contributed by atoms with Crippen LogP contribution in [0.4, 0.5) is 20.6 Å². The van der Waals surface area contributed by atoms with Crippen LogP contribution in [0.25, 0.3) is 0 Å². The number of benzene rings is 1. The monoisotopic (exact) mass is 335 g/mol. The number of anilines is 2. The molecule has 2 heterocycles. The van der Waals surface area contributed by atoms with Crippen LogP contribution in [-0.4, -0.2) is 51.6 Å². The minimum absolute atomic E-state index is 0.281. The Morgan fingerprint density at radius 3 is 2.83 bits per heavy atom. The number of rotatable bonds is 5. The number of nitrogens with one attached hydrogen (secondary N) is 1. The molecule has 1 aromatic rings. The van der Waals surface area contributed by atoms with E-state index in [1.807, 2.05) is 11.8 Å². The quantitative estimate of drug-likeness (QED) is 0.893. The number of carbonyl (C=O) groups excluding carboxylic acids is 1. The number of cyclic esters (lactones) is 1. The summed E-state index contributed by atoms with van der Waals surface area (Å²) in [5.74, 6) is -0.342. The molecule has 0 aliphatic carbocycles. The van der Waals surface area contributed by atoms with Gasteiger partial charge in [0.05, 0.1) is 37.7 Å². The Kier molecular flexibility index (Phi) is 4.89. The zero-order valence-electron chi connectivity index (χ0n) is 13.8. The highest BCUT2D eigenvalue weighted by Crippen LogP contribution is 2.28. The van der Waals surface area contributed by atoms with E-state index in [2.05, 4.69) is 11.9 Å². The van der Waals surface area contributed by atoms with Crippen molar-refractivity contribution in [1.82, 2.24) is 5.32 Å². The standard InChI is InChI=1S/C17H22FN3O3/c1-12(2)19-10-14-11-21(17(22)24-14)13-3-4-16(15(18)9-13)20-5-7-23-8-6-20/h3-4,9,14,19H,1,5-8,10-11H2,2H3/t14-/m0/s1. The van der Waals surface area contributed by atoms with Gasteiger partial charge in [0.15, 0.2) is 0 Å². The van der Waals surface area contributed by atoms with Crippen molar-refractivity contribution in [2.24, 2.45) is 0 Å². The third-order valence-electron chi connectivity index (χ3n) is 4.10. The fourth-order valence-electron chi connectivity index (χ4n) is 2.85. The summed E-state index contributed by atoms with van der Waals surface area (Å²) in [7, 11) is 0.